The molecular formula is C9H16O2. The molecule has 0 heterocycles. The van der Waals surface area contributed by atoms with Gasteiger partial charge in [0.25, 0.3) is 0 Å². The third kappa shape index (κ3) is 2.31. The molecule has 1 aliphatic carbocycles. The summed E-state index contributed by atoms with van der Waals surface area (Å²) in [7, 11) is 3.38. The van der Waals surface area contributed by atoms with Crippen LogP contribution in [0, 0.1) is 5.92 Å². The Morgan fingerprint density at radius 3 is 2.55 bits per heavy atom. The molecule has 0 bridgehead atoms. The van der Waals surface area contributed by atoms with Gasteiger partial charge >= 0.3 is 0 Å². The van der Waals surface area contributed by atoms with Crippen molar-refractivity contribution in [1.82, 2.24) is 0 Å². The van der Waals surface area contributed by atoms with E-state index in [4.69, 9.17) is 9.47 Å². The molecule has 2 heteroatoms. The van der Waals surface area contributed by atoms with E-state index < -0.39 is 0 Å². The third-order valence-electron chi connectivity index (χ3n) is 2.11. The molecule has 0 aliphatic heterocycles. The van der Waals surface area contributed by atoms with Crippen LogP contribution in [0.25, 0.3) is 0 Å². The molecule has 11 heavy (non-hydrogen) atoms. The van der Waals surface area contributed by atoms with Crippen LogP contribution < -0.4 is 0 Å². The summed E-state index contributed by atoms with van der Waals surface area (Å²) < 4.78 is 10.3. The molecule has 0 fully saturated rings. The molecule has 0 radical (unpaired) electrons. The summed E-state index contributed by atoms with van der Waals surface area (Å²) in [6.07, 6.45) is 8.00. The largest absolute Gasteiger partial charge is 0.355 e. The summed E-state index contributed by atoms with van der Waals surface area (Å²) in [5, 5.41) is 0. The highest BCUT2D eigenvalue weighted by atomic mass is 16.7. The van der Waals surface area contributed by atoms with Crippen molar-refractivity contribution in [2.75, 3.05) is 14.2 Å². The van der Waals surface area contributed by atoms with Crippen molar-refractivity contribution < 1.29 is 9.47 Å². The molecule has 0 aromatic rings. The topological polar surface area (TPSA) is 18.5 Å². The maximum absolute atomic E-state index is 5.17. The van der Waals surface area contributed by atoms with E-state index >= 15 is 0 Å². The quantitative estimate of drug-likeness (QED) is 0.459. The molecule has 1 unspecified atom stereocenters. The summed E-state index contributed by atoms with van der Waals surface area (Å²) in [4.78, 5) is 0. The number of ether oxygens (including phenoxy) is 2. The van der Waals surface area contributed by atoms with Crippen molar-refractivity contribution in [1.29, 1.82) is 0 Å². The van der Waals surface area contributed by atoms with Gasteiger partial charge in [-0.05, 0) is 19.3 Å². The minimum atomic E-state index is -0.0495. The Morgan fingerprint density at radius 1 is 1.36 bits per heavy atom. The number of hydrogen-bond acceptors (Lipinski definition) is 2. The van der Waals surface area contributed by atoms with Gasteiger partial charge < -0.3 is 9.47 Å². The average Bonchev–Trinajstić information content (AvgIpc) is 2.09. The lowest BCUT2D eigenvalue weighted by Gasteiger charge is -2.23. The molecule has 0 spiro atoms. The van der Waals surface area contributed by atoms with Crippen molar-refractivity contribution in [3.05, 3.63) is 12.2 Å². The predicted octanol–water partition coefficient (Wildman–Crippen LogP) is 1.96. The van der Waals surface area contributed by atoms with Crippen LogP contribution >= 0.6 is 0 Å². The predicted molar refractivity (Wildman–Crippen MR) is 44.3 cm³/mol. The van der Waals surface area contributed by atoms with E-state index in [1.165, 1.54) is 19.3 Å². The van der Waals surface area contributed by atoms with Crippen LogP contribution in [0.15, 0.2) is 12.2 Å². The maximum Gasteiger partial charge on any atom is 0.162 e. The Balaban J connectivity index is 2.42. The Bertz CT molecular complexity index is 128. The van der Waals surface area contributed by atoms with E-state index in [2.05, 4.69) is 12.2 Å². The van der Waals surface area contributed by atoms with E-state index in [1.54, 1.807) is 14.2 Å². The second kappa shape index (κ2) is 4.52. The van der Waals surface area contributed by atoms with Crippen molar-refractivity contribution in [3.63, 3.8) is 0 Å². The zero-order valence-corrected chi connectivity index (χ0v) is 7.25. The highest BCUT2D eigenvalue weighted by Gasteiger charge is 2.18. The van der Waals surface area contributed by atoms with Crippen LogP contribution in [0.4, 0.5) is 0 Å². The Morgan fingerprint density at radius 2 is 2.09 bits per heavy atom. The van der Waals surface area contributed by atoms with Crippen molar-refractivity contribution in [3.8, 4) is 0 Å². The molecule has 0 aromatic heterocycles. The van der Waals surface area contributed by atoms with Gasteiger partial charge in [0.1, 0.15) is 0 Å². The first-order valence-corrected chi connectivity index (χ1v) is 4.10. The maximum atomic E-state index is 5.17. The lowest BCUT2D eigenvalue weighted by atomic mass is 9.95. The first kappa shape index (κ1) is 8.75. The number of rotatable bonds is 3. The van der Waals surface area contributed by atoms with Crippen LogP contribution in [-0.2, 0) is 9.47 Å². The first-order chi connectivity index (χ1) is 5.38. The highest BCUT2D eigenvalue weighted by molar-refractivity contribution is 4.94. The molecule has 1 atom stereocenters. The summed E-state index contributed by atoms with van der Waals surface area (Å²) in [6, 6.07) is 0. The van der Waals surface area contributed by atoms with E-state index in [9.17, 15) is 0 Å². The van der Waals surface area contributed by atoms with Crippen molar-refractivity contribution in [2.24, 2.45) is 5.92 Å². The SMILES string of the molecule is COC(OC)C1C=CCCC1. The second-order valence-corrected chi connectivity index (χ2v) is 2.86. The van der Waals surface area contributed by atoms with Gasteiger partial charge in [-0.2, -0.15) is 0 Å². The Kier molecular flexibility index (Phi) is 3.60. The summed E-state index contributed by atoms with van der Waals surface area (Å²) >= 11 is 0. The van der Waals surface area contributed by atoms with E-state index in [1.807, 2.05) is 0 Å². The molecule has 0 saturated carbocycles. The fraction of sp³-hybridized carbons (Fsp3) is 0.778. The fourth-order valence-electron chi connectivity index (χ4n) is 1.51. The second-order valence-electron chi connectivity index (χ2n) is 2.86. The zero-order chi connectivity index (χ0) is 8.10. The van der Waals surface area contributed by atoms with Crippen LogP contribution in [0.1, 0.15) is 19.3 Å². The lowest BCUT2D eigenvalue weighted by Crippen LogP contribution is -2.24. The van der Waals surface area contributed by atoms with Crippen LogP contribution in [0.5, 0.6) is 0 Å². The van der Waals surface area contributed by atoms with Gasteiger partial charge in [-0.25, -0.2) is 0 Å². The van der Waals surface area contributed by atoms with Crippen LogP contribution in [0.3, 0.4) is 0 Å². The van der Waals surface area contributed by atoms with Gasteiger partial charge in [0.05, 0.1) is 0 Å². The van der Waals surface area contributed by atoms with Gasteiger partial charge in [0.2, 0.25) is 0 Å². The lowest BCUT2D eigenvalue weighted by molar-refractivity contribution is -0.128. The molecule has 1 aliphatic rings. The monoisotopic (exact) mass is 156 g/mol. The number of methoxy groups -OCH3 is 2. The van der Waals surface area contributed by atoms with Gasteiger partial charge in [0.15, 0.2) is 6.29 Å². The minimum absolute atomic E-state index is 0.0495. The number of hydrogen-bond donors (Lipinski definition) is 0. The van der Waals surface area contributed by atoms with Crippen LogP contribution in [0.2, 0.25) is 0 Å². The van der Waals surface area contributed by atoms with Gasteiger partial charge in [-0.3, -0.25) is 0 Å². The zero-order valence-electron chi connectivity index (χ0n) is 7.25. The standard InChI is InChI=1S/C9H16O2/c1-10-9(11-2)8-6-4-3-5-7-8/h4,6,8-9H,3,5,7H2,1-2H3. The van der Waals surface area contributed by atoms with Crippen LogP contribution in [-0.4, -0.2) is 20.5 Å². The summed E-state index contributed by atoms with van der Waals surface area (Å²) in [6.45, 7) is 0. The van der Waals surface area contributed by atoms with E-state index in [-0.39, 0.29) is 6.29 Å². The minimum Gasteiger partial charge on any atom is -0.355 e. The molecule has 64 valence electrons. The third-order valence-corrected chi connectivity index (χ3v) is 2.11. The normalized spacial score (nSPS) is 24.5. The summed E-state index contributed by atoms with van der Waals surface area (Å²) in [5.74, 6) is 0.457. The fourth-order valence-corrected chi connectivity index (χ4v) is 1.51. The van der Waals surface area contributed by atoms with Gasteiger partial charge in [-0.1, -0.05) is 12.2 Å². The summed E-state index contributed by atoms with van der Waals surface area (Å²) in [5.41, 5.74) is 0. The Labute approximate surface area is 68.2 Å². The Hall–Kier alpha value is -0.340. The number of allylic oxidation sites excluding steroid dienone is 1. The molecule has 0 amide bonds. The first-order valence-electron chi connectivity index (χ1n) is 4.10. The average molecular weight is 156 g/mol. The van der Waals surface area contributed by atoms with Crippen molar-refractivity contribution >= 4 is 0 Å². The van der Waals surface area contributed by atoms with Gasteiger partial charge in [-0.15, -0.1) is 0 Å². The van der Waals surface area contributed by atoms with Gasteiger partial charge in [0, 0.05) is 20.1 Å². The van der Waals surface area contributed by atoms with Crippen molar-refractivity contribution in [2.45, 2.75) is 25.6 Å². The molecule has 1 rings (SSSR count). The molecule has 0 aromatic carbocycles. The van der Waals surface area contributed by atoms with E-state index in [0.29, 0.717) is 5.92 Å². The molecule has 0 N–H and O–H groups in total. The van der Waals surface area contributed by atoms with E-state index in [0.717, 1.165) is 0 Å². The molecule has 0 saturated heterocycles. The molecular weight excluding hydrogens is 140 g/mol. The molecule has 2 nitrogen and oxygen atoms in total. The smallest absolute Gasteiger partial charge is 0.162 e. The highest BCUT2D eigenvalue weighted by Crippen LogP contribution is 2.22.